The molecule has 0 saturated carbocycles. The van der Waals surface area contributed by atoms with Gasteiger partial charge in [0.1, 0.15) is 17.3 Å². The number of rotatable bonds is 8. The van der Waals surface area contributed by atoms with Gasteiger partial charge in [0.2, 0.25) is 0 Å². The van der Waals surface area contributed by atoms with E-state index in [9.17, 15) is 9.18 Å². The molecular formula is C26H26FN3O4. The van der Waals surface area contributed by atoms with Crippen molar-refractivity contribution in [3.05, 3.63) is 89.7 Å². The standard InChI is InChI=1S/C26H26FN3O4/c1-32-20-13-11-18(12-14-20)24-15-21(34-29-24)17-30(16-19-7-3-4-8-22(19)27)26(31)28-23-9-5-6-10-25(23)33-2/h3-14,21H,15-17H2,1-2H3,(H,28,31). The van der Waals surface area contributed by atoms with Crippen LogP contribution in [-0.2, 0) is 11.4 Å². The van der Waals surface area contributed by atoms with E-state index in [1.54, 1.807) is 43.5 Å². The van der Waals surface area contributed by atoms with Crippen LogP contribution in [0, 0.1) is 5.82 Å². The van der Waals surface area contributed by atoms with Gasteiger partial charge in [0, 0.05) is 12.0 Å². The van der Waals surface area contributed by atoms with Crippen molar-refractivity contribution in [1.29, 1.82) is 0 Å². The molecule has 1 aliphatic rings. The summed E-state index contributed by atoms with van der Waals surface area (Å²) in [5.41, 5.74) is 2.63. The fourth-order valence-corrected chi connectivity index (χ4v) is 3.72. The number of hydrogen-bond donors (Lipinski definition) is 1. The first-order valence-electron chi connectivity index (χ1n) is 10.9. The minimum Gasteiger partial charge on any atom is -0.497 e. The Morgan fingerprint density at radius 1 is 1.06 bits per heavy atom. The van der Waals surface area contributed by atoms with E-state index in [2.05, 4.69) is 10.5 Å². The average Bonchev–Trinajstić information content (AvgIpc) is 3.34. The summed E-state index contributed by atoms with van der Waals surface area (Å²) in [7, 11) is 3.15. The molecule has 3 aromatic rings. The van der Waals surface area contributed by atoms with Gasteiger partial charge in [0.15, 0.2) is 6.10 Å². The van der Waals surface area contributed by atoms with Gasteiger partial charge in [0.05, 0.1) is 38.7 Å². The van der Waals surface area contributed by atoms with Crippen LogP contribution in [0.4, 0.5) is 14.9 Å². The zero-order chi connectivity index (χ0) is 23.9. The average molecular weight is 464 g/mol. The summed E-state index contributed by atoms with van der Waals surface area (Å²) in [5.74, 6) is 0.910. The summed E-state index contributed by atoms with van der Waals surface area (Å²) in [6.45, 7) is 0.295. The van der Waals surface area contributed by atoms with Crippen molar-refractivity contribution in [2.24, 2.45) is 5.16 Å². The maximum atomic E-state index is 14.4. The Kier molecular flexibility index (Phi) is 7.27. The Labute approximate surface area is 197 Å². The Balaban J connectivity index is 1.49. The number of anilines is 1. The molecule has 0 aliphatic carbocycles. The number of benzene rings is 3. The topological polar surface area (TPSA) is 72.4 Å². The quantitative estimate of drug-likeness (QED) is 0.506. The van der Waals surface area contributed by atoms with Gasteiger partial charge in [-0.05, 0) is 48.0 Å². The Bertz CT molecular complexity index is 1170. The highest BCUT2D eigenvalue weighted by atomic mass is 19.1. The van der Waals surface area contributed by atoms with Crippen molar-refractivity contribution in [2.75, 3.05) is 26.1 Å². The molecule has 0 radical (unpaired) electrons. The number of para-hydroxylation sites is 2. The molecule has 1 N–H and O–H groups in total. The van der Waals surface area contributed by atoms with Crippen LogP contribution in [0.5, 0.6) is 11.5 Å². The van der Waals surface area contributed by atoms with Crippen molar-refractivity contribution in [2.45, 2.75) is 19.1 Å². The molecule has 1 heterocycles. The number of carbonyl (C=O) groups is 1. The Hall–Kier alpha value is -4.07. The summed E-state index contributed by atoms with van der Waals surface area (Å²) < 4.78 is 24.9. The molecule has 34 heavy (non-hydrogen) atoms. The predicted octanol–water partition coefficient (Wildman–Crippen LogP) is 5.07. The molecule has 4 rings (SSSR count). The third kappa shape index (κ3) is 5.46. The lowest BCUT2D eigenvalue weighted by atomic mass is 10.0. The molecule has 7 nitrogen and oxygen atoms in total. The molecular weight excluding hydrogens is 437 g/mol. The molecule has 1 atom stereocenters. The van der Waals surface area contributed by atoms with Gasteiger partial charge in [-0.3, -0.25) is 0 Å². The predicted molar refractivity (Wildman–Crippen MR) is 128 cm³/mol. The maximum Gasteiger partial charge on any atom is 0.322 e. The van der Waals surface area contributed by atoms with Crippen LogP contribution >= 0.6 is 0 Å². The number of hydrogen-bond acceptors (Lipinski definition) is 5. The molecule has 0 saturated heterocycles. The number of ether oxygens (including phenoxy) is 2. The lowest BCUT2D eigenvalue weighted by Gasteiger charge is -2.26. The molecule has 0 fully saturated rings. The molecule has 176 valence electrons. The summed E-state index contributed by atoms with van der Waals surface area (Å²) in [5, 5.41) is 7.08. The summed E-state index contributed by atoms with van der Waals surface area (Å²) in [6.07, 6.45) is 0.148. The second-order valence-corrected chi connectivity index (χ2v) is 7.80. The largest absolute Gasteiger partial charge is 0.497 e. The third-order valence-corrected chi connectivity index (χ3v) is 5.54. The highest BCUT2D eigenvalue weighted by Crippen LogP contribution is 2.25. The number of nitrogens with one attached hydrogen (secondary N) is 1. The number of carbonyl (C=O) groups excluding carboxylic acids is 1. The SMILES string of the molecule is COc1ccc(C2=NOC(CN(Cc3ccccc3F)C(=O)Nc3ccccc3OC)C2)cc1. The number of oxime groups is 1. The summed E-state index contributed by atoms with van der Waals surface area (Å²) >= 11 is 0. The fourth-order valence-electron chi connectivity index (χ4n) is 3.72. The van der Waals surface area contributed by atoms with Crippen LogP contribution in [0.1, 0.15) is 17.5 Å². The van der Waals surface area contributed by atoms with Crippen molar-refractivity contribution < 1.29 is 23.5 Å². The number of urea groups is 1. The molecule has 1 aliphatic heterocycles. The van der Waals surface area contributed by atoms with E-state index >= 15 is 0 Å². The number of halogens is 1. The highest BCUT2D eigenvalue weighted by molar-refractivity contribution is 6.01. The first-order chi connectivity index (χ1) is 16.6. The molecule has 2 amide bonds. The number of methoxy groups -OCH3 is 2. The zero-order valence-corrected chi connectivity index (χ0v) is 19.0. The normalized spacial score (nSPS) is 14.7. The minimum absolute atomic E-state index is 0.0748. The van der Waals surface area contributed by atoms with Crippen molar-refractivity contribution in [3.63, 3.8) is 0 Å². The van der Waals surface area contributed by atoms with Crippen molar-refractivity contribution >= 4 is 17.4 Å². The second-order valence-electron chi connectivity index (χ2n) is 7.80. The number of nitrogens with zero attached hydrogens (tertiary/aromatic N) is 2. The number of amides is 2. The van der Waals surface area contributed by atoms with E-state index in [1.807, 2.05) is 30.3 Å². The lowest BCUT2D eigenvalue weighted by Crippen LogP contribution is -2.40. The summed E-state index contributed by atoms with van der Waals surface area (Å²) in [4.78, 5) is 20.4. The Morgan fingerprint density at radius 3 is 2.53 bits per heavy atom. The molecule has 3 aromatic carbocycles. The minimum atomic E-state index is -0.394. The van der Waals surface area contributed by atoms with Crippen LogP contribution in [-0.4, -0.2) is 43.5 Å². The van der Waals surface area contributed by atoms with Gasteiger partial charge in [-0.15, -0.1) is 0 Å². The van der Waals surface area contributed by atoms with Crippen LogP contribution in [0.2, 0.25) is 0 Å². The monoisotopic (exact) mass is 463 g/mol. The van der Waals surface area contributed by atoms with Gasteiger partial charge < -0.3 is 24.5 Å². The fraction of sp³-hybridized carbons (Fsp3) is 0.231. The molecule has 0 spiro atoms. The van der Waals surface area contributed by atoms with Crippen molar-refractivity contribution in [3.8, 4) is 11.5 Å². The van der Waals surface area contributed by atoms with Crippen LogP contribution in [0.25, 0.3) is 0 Å². The molecule has 1 unspecified atom stereocenters. The smallest absolute Gasteiger partial charge is 0.322 e. The van der Waals surface area contributed by atoms with Gasteiger partial charge in [-0.2, -0.15) is 0 Å². The van der Waals surface area contributed by atoms with E-state index in [-0.39, 0.29) is 25.0 Å². The zero-order valence-electron chi connectivity index (χ0n) is 19.0. The van der Waals surface area contributed by atoms with Crippen LogP contribution < -0.4 is 14.8 Å². The van der Waals surface area contributed by atoms with Gasteiger partial charge in [0.25, 0.3) is 0 Å². The second kappa shape index (κ2) is 10.7. The highest BCUT2D eigenvalue weighted by Gasteiger charge is 2.28. The first kappa shape index (κ1) is 23.1. The van der Waals surface area contributed by atoms with Gasteiger partial charge >= 0.3 is 6.03 Å². The van der Waals surface area contributed by atoms with E-state index < -0.39 is 6.03 Å². The lowest BCUT2D eigenvalue weighted by molar-refractivity contribution is 0.0606. The van der Waals surface area contributed by atoms with E-state index in [4.69, 9.17) is 14.3 Å². The van der Waals surface area contributed by atoms with Gasteiger partial charge in [-0.1, -0.05) is 35.5 Å². The van der Waals surface area contributed by atoms with Crippen molar-refractivity contribution in [1.82, 2.24) is 4.90 Å². The maximum absolute atomic E-state index is 14.4. The van der Waals surface area contributed by atoms with E-state index in [1.165, 1.54) is 18.1 Å². The third-order valence-electron chi connectivity index (χ3n) is 5.54. The van der Waals surface area contributed by atoms with E-state index in [0.717, 1.165) is 17.0 Å². The van der Waals surface area contributed by atoms with E-state index in [0.29, 0.717) is 23.4 Å². The van der Waals surface area contributed by atoms with Crippen LogP contribution in [0.15, 0.2) is 78.0 Å². The molecule has 0 bridgehead atoms. The summed E-state index contributed by atoms with van der Waals surface area (Å²) in [6, 6.07) is 20.7. The molecule has 0 aromatic heterocycles. The van der Waals surface area contributed by atoms with Crippen LogP contribution in [0.3, 0.4) is 0 Å². The Morgan fingerprint density at radius 2 is 1.79 bits per heavy atom. The molecule has 8 heteroatoms. The van der Waals surface area contributed by atoms with Gasteiger partial charge in [-0.25, -0.2) is 9.18 Å². The first-order valence-corrected chi connectivity index (χ1v) is 10.9.